The van der Waals surface area contributed by atoms with Crippen LogP contribution in [0, 0.1) is 6.92 Å². The van der Waals surface area contributed by atoms with E-state index in [1.807, 2.05) is 73.3 Å². The lowest BCUT2D eigenvalue weighted by atomic mass is 9.93. The highest BCUT2D eigenvalue weighted by Gasteiger charge is 2.34. The highest BCUT2D eigenvalue weighted by Crippen LogP contribution is 2.33. The third-order valence-electron chi connectivity index (χ3n) is 8.29. The number of benzene rings is 2. The van der Waals surface area contributed by atoms with Gasteiger partial charge in [0.15, 0.2) is 5.76 Å². The van der Waals surface area contributed by atoms with Gasteiger partial charge in [-0.25, -0.2) is 4.68 Å². The molecule has 1 fully saturated rings. The van der Waals surface area contributed by atoms with Gasteiger partial charge in [0.05, 0.1) is 71.8 Å². The van der Waals surface area contributed by atoms with E-state index in [1.54, 1.807) is 15.7 Å². The van der Waals surface area contributed by atoms with Gasteiger partial charge in [-0.3, -0.25) is 14.3 Å². The predicted molar refractivity (Wildman–Crippen MR) is 173 cm³/mol. The van der Waals surface area contributed by atoms with E-state index in [4.69, 9.17) is 28.4 Å². The molecule has 47 heavy (non-hydrogen) atoms. The summed E-state index contributed by atoms with van der Waals surface area (Å²) >= 11 is 0. The van der Waals surface area contributed by atoms with Gasteiger partial charge in [-0.05, 0) is 36.3 Å². The number of aliphatic hydroxyl groups is 1. The van der Waals surface area contributed by atoms with Crippen molar-refractivity contribution in [2.45, 2.75) is 38.8 Å². The zero-order chi connectivity index (χ0) is 33.0. The number of allylic oxidation sites excluding steroid dienone is 1. The van der Waals surface area contributed by atoms with Crippen molar-refractivity contribution in [3.8, 4) is 5.69 Å². The highest BCUT2D eigenvalue weighted by atomic mass is 16.7. The van der Waals surface area contributed by atoms with Gasteiger partial charge in [0.2, 0.25) is 6.29 Å². The van der Waals surface area contributed by atoms with Crippen LogP contribution in [0.1, 0.15) is 34.7 Å². The molecule has 0 bridgehead atoms. The minimum atomic E-state index is -0.795. The van der Waals surface area contributed by atoms with Crippen LogP contribution in [-0.4, -0.2) is 97.5 Å². The molecule has 1 amide bonds. The summed E-state index contributed by atoms with van der Waals surface area (Å²) in [6.07, 6.45) is 1.29. The molecule has 0 saturated carbocycles. The lowest BCUT2D eigenvalue weighted by Crippen LogP contribution is -2.40. The van der Waals surface area contributed by atoms with Crippen LogP contribution < -0.4 is 5.56 Å². The Labute approximate surface area is 275 Å². The number of carbonyl (C=O) groups is 1. The van der Waals surface area contributed by atoms with Gasteiger partial charge in [-0.1, -0.05) is 42.5 Å². The van der Waals surface area contributed by atoms with Gasteiger partial charge in [0, 0.05) is 43.7 Å². The molecular formula is C35H45N3O9. The SMILES string of the molecule is Cc1c([C@H]2C=C(C(=O)N3CCOCCOCCOCCOCC3)O[C@@H](OCc3ccc(CO)cc3)C2)c(=O)n(-c2ccccc2)n1C. The minimum absolute atomic E-state index is 0.0457. The average molecular weight is 652 g/mol. The first-order valence-corrected chi connectivity index (χ1v) is 16.1. The van der Waals surface area contributed by atoms with Crippen LogP contribution in [0.2, 0.25) is 0 Å². The lowest BCUT2D eigenvalue weighted by molar-refractivity contribution is -0.157. The number of rotatable bonds is 7. The maximum absolute atomic E-state index is 14.1. The molecule has 2 atom stereocenters. The van der Waals surface area contributed by atoms with Crippen molar-refractivity contribution >= 4 is 5.91 Å². The van der Waals surface area contributed by atoms with Crippen LogP contribution in [0.15, 0.2) is 71.2 Å². The normalized spacial score (nSPS) is 20.5. The number of ether oxygens (including phenoxy) is 6. The summed E-state index contributed by atoms with van der Waals surface area (Å²) in [6, 6.07) is 16.9. The van der Waals surface area contributed by atoms with Gasteiger partial charge in [-0.2, -0.15) is 0 Å². The molecule has 0 spiro atoms. The maximum Gasteiger partial charge on any atom is 0.288 e. The molecule has 12 nitrogen and oxygen atoms in total. The van der Waals surface area contributed by atoms with E-state index in [0.29, 0.717) is 77.9 Å². The van der Waals surface area contributed by atoms with Crippen molar-refractivity contribution in [2.75, 3.05) is 65.9 Å². The fraction of sp³-hybridized carbons (Fsp3) is 0.486. The van der Waals surface area contributed by atoms with E-state index in [1.165, 1.54) is 0 Å². The molecule has 0 aliphatic carbocycles. The van der Waals surface area contributed by atoms with Gasteiger partial charge in [-0.15, -0.1) is 0 Å². The first-order chi connectivity index (χ1) is 23.0. The number of carbonyl (C=O) groups excluding carboxylic acids is 1. The molecule has 254 valence electrons. The molecule has 3 heterocycles. The molecule has 1 saturated heterocycles. The summed E-state index contributed by atoms with van der Waals surface area (Å²) in [5, 5.41) is 9.40. The number of amides is 1. The molecular weight excluding hydrogens is 606 g/mol. The van der Waals surface area contributed by atoms with E-state index >= 15 is 0 Å². The zero-order valence-electron chi connectivity index (χ0n) is 27.2. The Morgan fingerprint density at radius 2 is 1.43 bits per heavy atom. The fourth-order valence-electron chi connectivity index (χ4n) is 5.64. The first kappa shape index (κ1) is 34.6. The summed E-state index contributed by atoms with van der Waals surface area (Å²) in [4.78, 5) is 29.7. The predicted octanol–water partition coefficient (Wildman–Crippen LogP) is 2.82. The second kappa shape index (κ2) is 17.4. The lowest BCUT2D eigenvalue weighted by Gasteiger charge is -2.31. The van der Waals surface area contributed by atoms with Crippen LogP contribution in [0.4, 0.5) is 0 Å². The molecule has 2 aliphatic rings. The number of para-hydroxylation sites is 1. The number of hydrogen-bond acceptors (Lipinski definition) is 9. The highest BCUT2D eigenvalue weighted by molar-refractivity contribution is 5.91. The van der Waals surface area contributed by atoms with Crippen LogP contribution in [-0.2, 0) is 53.5 Å². The average Bonchev–Trinajstić information content (AvgIpc) is 3.32. The molecule has 1 N–H and O–H groups in total. The zero-order valence-corrected chi connectivity index (χ0v) is 27.2. The topological polar surface area (TPSA) is 123 Å². The van der Waals surface area contributed by atoms with Crippen molar-refractivity contribution in [2.24, 2.45) is 7.05 Å². The Hall–Kier alpha value is -3.78. The monoisotopic (exact) mass is 651 g/mol. The van der Waals surface area contributed by atoms with Crippen LogP contribution in [0.5, 0.6) is 0 Å². The summed E-state index contributed by atoms with van der Waals surface area (Å²) in [5.74, 6) is -0.671. The standard InChI is InChI=1S/C35H45N3O9/c1-26-33(35(41)38(36(26)2)30-6-4-3-5-7-30)29-22-31(47-32(23-29)46-25-28-10-8-27(24-39)9-11-28)34(40)37-12-14-42-16-18-44-20-21-45-19-17-43-15-13-37/h3-11,22,29,32,39H,12-21,23-25H2,1-2H3/t29-,32+/m0/s1. The molecule has 5 rings (SSSR count). The number of aromatic nitrogens is 2. The van der Waals surface area contributed by atoms with Crippen molar-refractivity contribution in [3.05, 3.63) is 99.2 Å². The quantitative estimate of drug-likeness (QED) is 0.411. The molecule has 2 aromatic carbocycles. The minimum Gasteiger partial charge on any atom is -0.459 e. The van der Waals surface area contributed by atoms with Crippen molar-refractivity contribution in [1.29, 1.82) is 0 Å². The second-order valence-corrected chi connectivity index (χ2v) is 11.4. The first-order valence-electron chi connectivity index (χ1n) is 16.1. The van der Waals surface area contributed by atoms with E-state index in [-0.39, 0.29) is 30.4 Å². The van der Waals surface area contributed by atoms with Crippen molar-refractivity contribution < 1.29 is 38.3 Å². The smallest absolute Gasteiger partial charge is 0.288 e. The molecule has 0 radical (unpaired) electrons. The molecule has 12 heteroatoms. The number of nitrogens with zero attached hydrogens (tertiary/aromatic N) is 3. The Balaban J connectivity index is 1.41. The Bertz CT molecular complexity index is 1500. The summed E-state index contributed by atoms with van der Waals surface area (Å²) in [5.41, 5.74) is 3.64. The number of hydrogen-bond donors (Lipinski definition) is 1. The Morgan fingerprint density at radius 1 is 0.851 bits per heavy atom. The molecule has 2 aliphatic heterocycles. The van der Waals surface area contributed by atoms with E-state index in [2.05, 4.69) is 0 Å². The van der Waals surface area contributed by atoms with Crippen molar-refractivity contribution in [3.63, 3.8) is 0 Å². The van der Waals surface area contributed by atoms with Gasteiger partial charge < -0.3 is 38.4 Å². The fourth-order valence-corrected chi connectivity index (χ4v) is 5.64. The third-order valence-corrected chi connectivity index (χ3v) is 8.29. The molecule has 0 unspecified atom stereocenters. The van der Waals surface area contributed by atoms with E-state index in [9.17, 15) is 14.7 Å². The number of aliphatic hydroxyl groups excluding tert-OH is 1. The van der Waals surface area contributed by atoms with Gasteiger partial charge >= 0.3 is 0 Å². The largest absolute Gasteiger partial charge is 0.459 e. The summed E-state index contributed by atoms with van der Waals surface area (Å²) < 4.78 is 38.4. The molecule has 1 aromatic heterocycles. The Kier molecular flexibility index (Phi) is 12.8. The van der Waals surface area contributed by atoms with Gasteiger partial charge in [0.25, 0.3) is 11.5 Å². The van der Waals surface area contributed by atoms with E-state index < -0.39 is 12.2 Å². The summed E-state index contributed by atoms with van der Waals surface area (Å²) in [7, 11) is 1.85. The van der Waals surface area contributed by atoms with Crippen molar-refractivity contribution in [1.82, 2.24) is 14.3 Å². The van der Waals surface area contributed by atoms with Crippen LogP contribution in [0.3, 0.4) is 0 Å². The maximum atomic E-state index is 14.1. The molecule has 3 aromatic rings. The van der Waals surface area contributed by atoms with Crippen LogP contribution >= 0.6 is 0 Å². The van der Waals surface area contributed by atoms with Gasteiger partial charge in [0.1, 0.15) is 0 Å². The van der Waals surface area contributed by atoms with E-state index in [0.717, 1.165) is 22.5 Å². The Morgan fingerprint density at radius 3 is 2.02 bits per heavy atom. The third kappa shape index (κ3) is 9.19. The van der Waals surface area contributed by atoms with Crippen LogP contribution in [0.25, 0.3) is 5.69 Å². The summed E-state index contributed by atoms with van der Waals surface area (Å²) in [6.45, 7) is 5.97. The second-order valence-electron chi connectivity index (χ2n) is 11.4.